The number of nitrogens with zero attached hydrogens (tertiary/aromatic N) is 1. The van der Waals surface area contributed by atoms with Crippen LogP contribution in [0.15, 0.2) is 17.1 Å². The average molecular weight is 514 g/mol. The number of phenols is 1. The van der Waals surface area contributed by atoms with Crippen LogP contribution in [0.5, 0.6) is 5.75 Å². The van der Waals surface area contributed by atoms with E-state index in [-0.39, 0.29) is 5.41 Å². The van der Waals surface area contributed by atoms with Gasteiger partial charge in [-0.05, 0) is 93.1 Å². The number of rotatable bonds is 3. The maximum absolute atomic E-state index is 11.2. The Hall–Kier alpha value is 0.153. The summed E-state index contributed by atoms with van der Waals surface area (Å²) >= 11 is -0.826. The van der Waals surface area contributed by atoms with Crippen LogP contribution in [-0.2, 0) is 26.3 Å². The number of hydrogen-bond acceptors (Lipinski definition) is 2. The fourth-order valence-corrected chi connectivity index (χ4v) is 7.17. The fourth-order valence-electron chi connectivity index (χ4n) is 7.17. The third-order valence-electron chi connectivity index (χ3n) is 7.89. The van der Waals surface area contributed by atoms with E-state index in [0.29, 0.717) is 11.8 Å². The number of aliphatic imine (C=N–C) groups is 1. The van der Waals surface area contributed by atoms with Crippen molar-refractivity contribution < 1.29 is 26.0 Å². The molecular formula is C24H33Cl2NOZr. The second kappa shape index (κ2) is 9.74. The van der Waals surface area contributed by atoms with Crippen LogP contribution in [0.3, 0.4) is 0 Å². The van der Waals surface area contributed by atoms with Gasteiger partial charge in [0.15, 0.2) is 0 Å². The van der Waals surface area contributed by atoms with Crippen LogP contribution in [0.1, 0.15) is 87.3 Å². The van der Waals surface area contributed by atoms with Gasteiger partial charge in [0.25, 0.3) is 0 Å². The second-order valence-electron chi connectivity index (χ2n) is 10.1. The third kappa shape index (κ3) is 4.98. The molecule has 158 valence electrons. The molecule has 0 aliphatic heterocycles. The van der Waals surface area contributed by atoms with Crippen LogP contribution in [0.4, 0.5) is 0 Å². The molecule has 5 aliphatic rings. The fraction of sp³-hybridized carbons (Fsp3) is 0.708. The minimum absolute atomic E-state index is 0.248. The van der Waals surface area contributed by atoms with Crippen molar-refractivity contribution in [2.75, 3.05) is 0 Å². The molecule has 0 atom stereocenters. The van der Waals surface area contributed by atoms with Gasteiger partial charge in [-0.1, -0.05) is 25.3 Å². The predicted octanol–water partition coefficient (Wildman–Crippen LogP) is 7.30. The number of hydrogen-bond donors (Lipinski definition) is 1. The zero-order chi connectivity index (χ0) is 20.4. The van der Waals surface area contributed by atoms with Gasteiger partial charge < -0.3 is 5.11 Å². The van der Waals surface area contributed by atoms with Gasteiger partial charge in [-0.2, -0.15) is 0 Å². The molecule has 2 nitrogen and oxygen atoms in total. The summed E-state index contributed by atoms with van der Waals surface area (Å²) in [6, 6.07) is 4.89. The first kappa shape index (κ1) is 22.4. The molecule has 0 unspecified atom stereocenters. The Bertz CT molecular complexity index is 709. The average Bonchev–Trinajstić information content (AvgIpc) is 2.69. The van der Waals surface area contributed by atoms with Crippen molar-refractivity contribution in [1.82, 2.24) is 0 Å². The van der Waals surface area contributed by atoms with E-state index in [1.165, 1.54) is 81.8 Å². The Morgan fingerprint density at radius 2 is 1.55 bits per heavy atom. The summed E-state index contributed by atoms with van der Waals surface area (Å²) in [6.07, 6.45) is 16.6. The molecule has 0 heterocycles. The second-order valence-corrected chi connectivity index (χ2v) is 13.8. The van der Waals surface area contributed by atoms with E-state index in [2.05, 4.69) is 19.1 Å². The summed E-state index contributed by atoms with van der Waals surface area (Å²) in [5.41, 5.74) is 3.74. The quantitative estimate of drug-likeness (QED) is 0.423. The molecule has 0 spiro atoms. The molecule has 0 saturated heterocycles. The van der Waals surface area contributed by atoms with Gasteiger partial charge in [0, 0.05) is 23.4 Å². The van der Waals surface area contributed by atoms with E-state index >= 15 is 0 Å². The molecule has 5 fully saturated rings. The Morgan fingerprint density at radius 3 is 2.10 bits per heavy atom. The number of halogens is 2. The van der Waals surface area contributed by atoms with Gasteiger partial charge in [-0.15, -0.1) is 0 Å². The Balaban J connectivity index is 0.000000645. The summed E-state index contributed by atoms with van der Waals surface area (Å²) < 4.78 is 0. The van der Waals surface area contributed by atoms with Crippen LogP contribution in [0.25, 0.3) is 0 Å². The molecule has 0 aromatic heterocycles. The molecule has 4 bridgehead atoms. The third-order valence-corrected chi connectivity index (χ3v) is 7.89. The monoisotopic (exact) mass is 511 g/mol. The van der Waals surface area contributed by atoms with Gasteiger partial charge in [-0.25, -0.2) is 0 Å². The van der Waals surface area contributed by atoms with Crippen LogP contribution < -0.4 is 0 Å². The normalized spacial score (nSPS) is 33.6. The summed E-state index contributed by atoms with van der Waals surface area (Å²) in [4.78, 5) is 4.86. The molecule has 5 aliphatic carbocycles. The van der Waals surface area contributed by atoms with Crippen LogP contribution >= 0.6 is 17.0 Å². The number of aromatic hydroxyl groups is 1. The summed E-state index contributed by atoms with van der Waals surface area (Å²) in [5.74, 6) is 3.25. The number of phenolic OH excluding ortho intramolecular Hbond substituents is 1. The SMILES string of the molecule is Cc1cc(C=NC2CCCCC2)c(O)c(C23CC4CC(CC(C4)C2)C3)c1.[Cl][Zr][Cl]. The maximum atomic E-state index is 11.2. The topological polar surface area (TPSA) is 32.6 Å². The van der Waals surface area contributed by atoms with E-state index in [1.807, 2.05) is 6.21 Å². The summed E-state index contributed by atoms with van der Waals surface area (Å²) in [7, 11) is 9.87. The molecule has 0 radical (unpaired) electrons. The van der Waals surface area contributed by atoms with Crippen LogP contribution in [0, 0.1) is 24.7 Å². The van der Waals surface area contributed by atoms with Crippen LogP contribution in [0.2, 0.25) is 0 Å². The molecule has 6 rings (SSSR count). The minimum atomic E-state index is -0.826. The van der Waals surface area contributed by atoms with Crippen molar-refractivity contribution in [3.05, 3.63) is 28.8 Å². The molecule has 1 N–H and O–H groups in total. The molecular weight excluding hydrogens is 480 g/mol. The molecule has 29 heavy (non-hydrogen) atoms. The van der Waals surface area contributed by atoms with E-state index in [4.69, 9.17) is 22.0 Å². The van der Waals surface area contributed by atoms with Crippen molar-refractivity contribution in [3.8, 4) is 5.75 Å². The van der Waals surface area contributed by atoms with Gasteiger partial charge >= 0.3 is 37.9 Å². The van der Waals surface area contributed by atoms with E-state index in [1.54, 1.807) is 0 Å². The van der Waals surface area contributed by atoms with Gasteiger partial charge in [0.05, 0.1) is 0 Å². The Morgan fingerprint density at radius 1 is 1.00 bits per heavy atom. The van der Waals surface area contributed by atoms with Crippen molar-refractivity contribution in [3.63, 3.8) is 0 Å². The molecule has 1 aromatic rings. The van der Waals surface area contributed by atoms with Gasteiger partial charge in [0.1, 0.15) is 5.75 Å². The summed E-state index contributed by atoms with van der Waals surface area (Å²) in [5, 5.41) is 11.2. The van der Waals surface area contributed by atoms with Crippen molar-refractivity contribution in [2.24, 2.45) is 22.7 Å². The molecule has 0 amide bonds. The molecule has 5 heteroatoms. The standard InChI is InChI=1S/C24H33NO.2ClH.Zr/c1-16-7-20(15-25-21-5-3-2-4-6-21)23(26)22(8-16)24-12-17-9-18(13-24)11-19(10-17)14-24;;;/h7-8,15,17-19,21,26H,2-6,9-14H2,1H3;2*1H;/q;;;+2/p-2. The molecule has 1 aromatic carbocycles. The van der Waals surface area contributed by atoms with E-state index in [9.17, 15) is 5.11 Å². The Kier molecular flexibility index (Phi) is 7.51. The Labute approximate surface area is 194 Å². The number of aryl methyl sites for hydroxylation is 1. The number of benzene rings is 1. The first-order chi connectivity index (χ1) is 14.0. The van der Waals surface area contributed by atoms with E-state index in [0.717, 1.165) is 23.3 Å². The van der Waals surface area contributed by atoms with Crippen molar-refractivity contribution >= 4 is 23.2 Å². The predicted molar refractivity (Wildman–Crippen MR) is 119 cm³/mol. The van der Waals surface area contributed by atoms with E-state index < -0.39 is 20.8 Å². The zero-order valence-electron chi connectivity index (χ0n) is 17.5. The van der Waals surface area contributed by atoms with Crippen LogP contribution in [-0.4, -0.2) is 17.4 Å². The molecule has 5 saturated carbocycles. The van der Waals surface area contributed by atoms with Gasteiger partial charge in [0.2, 0.25) is 0 Å². The van der Waals surface area contributed by atoms with Crippen molar-refractivity contribution in [2.45, 2.75) is 89.0 Å². The first-order valence-electron chi connectivity index (χ1n) is 11.4. The first-order valence-corrected chi connectivity index (χ1v) is 17.7. The van der Waals surface area contributed by atoms with Gasteiger partial charge in [-0.3, -0.25) is 4.99 Å². The zero-order valence-corrected chi connectivity index (χ0v) is 21.4. The summed E-state index contributed by atoms with van der Waals surface area (Å²) in [6.45, 7) is 2.18. The van der Waals surface area contributed by atoms with Crippen molar-refractivity contribution in [1.29, 1.82) is 0 Å².